The van der Waals surface area contributed by atoms with E-state index in [4.69, 9.17) is 9.26 Å². The molecule has 2 aliphatic rings. The lowest BCUT2D eigenvalue weighted by Gasteiger charge is -2.22. The van der Waals surface area contributed by atoms with Crippen molar-refractivity contribution >= 4 is 11.7 Å². The molecule has 7 heteroatoms. The summed E-state index contributed by atoms with van der Waals surface area (Å²) in [6.45, 7) is 3.26. The van der Waals surface area contributed by atoms with Crippen LogP contribution in [-0.4, -0.2) is 53.2 Å². The predicted molar refractivity (Wildman–Crippen MR) is 87.1 cm³/mol. The highest BCUT2D eigenvalue weighted by molar-refractivity contribution is 5.92. The zero-order valence-corrected chi connectivity index (χ0v) is 13.4. The maximum atomic E-state index is 12.3. The molecular weight excluding hydrogens is 308 g/mol. The highest BCUT2D eigenvalue weighted by atomic mass is 16.5. The highest BCUT2D eigenvalue weighted by Crippen LogP contribution is 2.30. The smallest absolute Gasteiger partial charge is 0.276 e. The molecule has 0 spiro atoms. The van der Waals surface area contributed by atoms with E-state index in [1.54, 1.807) is 17.2 Å². The molecule has 2 aromatic heterocycles. The molecule has 2 aromatic rings. The van der Waals surface area contributed by atoms with Gasteiger partial charge >= 0.3 is 0 Å². The molecule has 4 rings (SSSR count). The average Bonchev–Trinajstić information content (AvgIpc) is 3.36. The van der Waals surface area contributed by atoms with Crippen molar-refractivity contribution in [1.82, 2.24) is 15.0 Å². The fourth-order valence-corrected chi connectivity index (χ4v) is 3.31. The number of pyridine rings is 1. The first-order valence-electron chi connectivity index (χ1n) is 8.37. The van der Waals surface area contributed by atoms with Crippen molar-refractivity contribution < 1.29 is 14.1 Å². The van der Waals surface area contributed by atoms with Crippen molar-refractivity contribution in [2.45, 2.75) is 25.4 Å². The summed E-state index contributed by atoms with van der Waals surface area (Å²) in [5.41, 5.74) is 0.342. The minimum atomic E-state index is -0.110. The van der Waals surface area contributed by atoms with E-state index in [0.717, 1.165) is 31.1 Å². The summed E-state index contributed by atoms with van der Waals surface area (Å²) in [5, 5.41) is 3.71. The second kappa shape index (κ2) is 6.51. The van der Waals surface area contributed by atoms with Crippen LogP contribution >= 0.6 is 0 Å². The van der Waals surface area contributed by atoms with Crippen LogP contribution in [0.2, 0.25) is 0 Å². The van der Waals surface area contributed by atoms with Gasteiger partial charge in [-0.1, -0.05) is 5.16 Å². The number of hydrogen-bond donors (Lipinski definition) is 0. The molecule has 2 aliphatic heterocycles. The number of likely N-dealkylation sites (tertiary alicyclic amines) is 1. The predicted octanol–water partition coefficient (Wildman–Crippen LogP) is 1.96. The van der Waals surface area contributed by atoms with E-state index in [0.29, 0.717) is 18.8 Å². The molecule has 4 heterocycles. The first-order chi connectivity index (χ1) is 11.8. The van der Waals surface area contributed by atoms with Gasteiger partial charge in [0.25, 0.3) is 5.91 Å². The summed E-state index contributed by atoms with van der Waals surface area (Å²) in [7, 11) is 0. The van der Waals surface area contributed by atoms with Gasteiger partial charge in [-0.15, -0.1) is 0 Å². The number of amides is 1. The van der Waals surface area contributed by atoms with E-state index < -0.39 is 0 Å². The summed E-state index contributed by atoms with van der Waals surface area (Å²) < 4.78 is 10.9. The number of ether oxygens (including phenoxy) is 1. The third-order valence-corrected chi connectivity index (χ3v) is 4.54. The van der Waals surface area contributed by atoms with Crippen LogP contribution in [0.4, 0.5) is 5.82 Å². The van der Waals surface area contributed by atoms with Crippen LogP contribution in [0.25, 0.3) is 0 Å². The summed E-state index contributed by atoms with van der Waals surface area (Å²) in [6, 6.07) is 5.44. The summed E-state index contributed by atoms with van der Waals surface area (Å²) in [6.07, 6.45) is 6.38. The van der Waals surface area contributed by atoms with Crippen LogP contribution in [0.5, 0.6) is 5.75 Å². The zero-order chi connectivity index (χ0) is 16.4. The Morgan fingerprint density at radius 1 is 1.25 bits per heavy atom. The molecule has 0 radical (unpaired) electrons. The van der Waals surface area contributed by atoms with E-state index >= 15 is 0 Å². The Morgan fingerprint density at radius 2 is 2.12 bits per heavy atom. The van der Waals surface area contributed by atoms with Crippen molar-refractivity contribution in [3.63, 3.8) is 0 Å². The summed E-state index contributed by atoms with van der Waals surface area (Å²) in [5.74, 6) is 1.61. The number of hydrogen-bond acceptors (Lipinski definition) is 6. The van der Waals surface area contributed by atoms with E-state index in [9.17, 15) is 4.79 Å². The molecule has 126 valence electrons. The number of carbonyl (C=O) groups excluding carboxylic acids is 1. The van der Waals surface area contributed by atoms with Gasteiger partial charge < -0.3 is 19.1 Å². The van der Waals surface area contributed by atoms with Gasteiger partial charge in [0.1, 0.15) is 12.4 Å². The van der Waals surface area contributed by atoms with Crippen molar-refractivity contribution in [1.29, 1.82) is 0 Å². The van der Waals surface area contributed by atoms with E-state index in [1.165, 1.54) is 19.1 Å². The lowest BCUT2D eigenvalue weighted by atomic mass is 10.3. The Kier molecular flexibility index (Phi) is 4.06. The van der Waals surface area contributed by atoms with Gasteiger partial charge in [-0.2, -0.15) is 0 Å². The Labute approximate surface area is 140 Å². The molecule has 1 atom stereocenters. The first kappa shape index (κ1) is 15.0. The Bertz CT molecular complexity index is 698. The Morgan fingerprint density at radius 3 is 2.92 bits per heavy atom. The third kappa shape index (κ3) is 2.93. The van der Waals surface area contributed by atoms with Gasteiger partial charge in [0.2, 0.25) is 0 Å². The second-order valence-corrected chi connectivity index (χ2v) is 6.18. The van der Waals surface area contributed by atoms with Gasteiger partial charge in [0, 0.05) is 38.3 Å². The fraction of sp³-hybridized carbons (Fsp3) is 0.471. The minimum absolute atomic E-state index is 0.0218. The van der Waals surface area contributed by atoms with E-state index in [-0.39, 0.29) is 12.0 Å². The van der Waals surface area contributed by atoms with Crippen molar-refractivity contribution in [2.24, 2.45) is 0 Å². The number of aromatic nitrogens is 2. The van der Waals surface area contributed by atoms with Gasteiger partial charge in [-0.25, -0.2) is 4.98 Å². The largest absolute Gasteiger partial charge is 0.485 e. The van der Waals surface area contributed by atoms with Crippen LogP contribution in [0.15, 0.2) is 35.2 Å². The van der Waals surface area contributed by atoms with Gasteiger partial charge in [-0.05, 0) is 25.0 Å². The van der Waals surface area contributed by atoms with Crippen LogP contribution in [0.3, 0.4) is 0 Å². The first-order valence-corrected chi connectivity index (χ1v) is 8.37. The standard InChI is InChI=1S/C17H20N4O3/c22-17(14-6-11-23-19-14)21-10-5-13(12-21)24-15-4-3-7-18-16(15)20-8-1-2-9-20/h3-4,6-7,11,13H,1-2,5,8-10,12H2. The Balaban J connectivity index is 1.43. The van der Waals surface area contributed by atoms with Crippen LogP contribution < -0.4 is 9.64 Å². The van der Waals surface area contributed by atoms with E-state index in [2.05, 4.69) is 15.0 Å². The van der Waals surface area contributed by atoms with Crippen molar-refractivity contribution in [3.8, 4) is 5.75 Å². The van der Waals surface area contributed by atoms with Crippen molar-refractivity contribution in [3.05, 3.63) is 36.4 Å². The lowest BCUT2D eigenvalue weighted by molar-refractivity contribution is 0.0762. The monoisotopic (exact) mass is 328 g/mol. The molecule has 0 N–H and O–H groups in total. The maximum Gasteiger partial charge on any atom is 0.276 e. The minimum Gasteiger partial charge on any atom is -0.485 e. The molecule has 2 saturated heterocycles. The molecule has 0 bridgehead atoms. The van der Waals surface area contributed by atoms with Gasteiger partial charge in [0.05, 0.1) is 6.54 Å². The van der Waals surface area contributed by atoms with Gasteiger partial charge in [-0.3, -0.25) is 4.79 Å². The molecule has 0 aliphatic carbocycles. The lowest BCUT2D eigenvalue weighted by Crippen LogP contribution is -2.31. The summed E-state index contributed by atoms with van der Waals surface area (Å²) in [4.78, 5) is 20.8. The number of nitrogens with zero attached hydrogens (tertiary/aromatic N) is 4. The second-order valence-electron chi connectivity index (χ2n) is 6.18. The quantitative estimate of drug-likeness (QED) is 0.854. The molecule has 1 unspecified atom stereocenters. The SMILES string of the molecule is O=C(c1ccon1)N1CCC(Oc2cccnc2N2CCCC2)C1. The molecule has 2 fully saturated rings. The fourth-order valence-electron chi connectivity index (χ4n) is 3.31. The molecule has 0 saturated carbocycles. The maximum absolute atomic E-state index is 12.3. The number of rotatable bonds is 4. The number of anilines is 1. The topological polar surface area (TPSA) is 71.7 Å². The average molecular weight is 328 g/mol. The molecule has 7 nitrogen and oxygen atoms in total. The van der Waals surface area contributed by atoms with Crippen LogP contribution in [-0.2, 0) is 0 Å². The van der Waals surface area contributed by atoms with E-state index in [1.807, 2.05) is 12.1 Å². The van der Waals surface area contributed by atoms with Crippen LogP contribution in [0.1, 0.15) is 29.8 Å². The number of carbonyl (C=O) groups is 1. The van der Waals surface area contributed by atoms with Crippen LogP contribution in [0, 0.1) is 0 Å². The third-order valence-electron chi connectivity index (χ3n) is 4.54. The van der Waals surface area contributed by atoms with Gasteiger partial charge in [0.15, 0.2) is 17.3 Å². The summed E-state index contributed by atoms with van der Waals surface area (Å²) >= 11 is 0. The normalized spacial score (nSPS) is 20.6. The highest BCUT2D eigenvalue weighted by Gasteiger charge is 2.30. The zero-order valence-electron chi connectivity index (χ0n) is 13.4. The molecule has 24 heavy (non-hydrogen) atoms. The Hall–Kier alpha value is -2.57. The molecule has 0 aromatic carbocycles. The molecular formula is C17H20N4O3. The molecule has 1 amide bonds. The van der Waals surface area contributed by atoms with Crippen molar-refractivity contribution in [2.75, 3.05) is 31.1 Å².